The molecule has 0 radical (unpaired) electrons. The number of amidine groups is 1. The number of nitrogens with one attached hydrogen (secondary N) is 1. The summed E-state index contributed by atoms with van der Waals surface area (Å²) in [6, 6.07) is 13.3. The van der Waals surface area contributed by atoms with Gasteiger partial charge < -0.3 is 19.7 Å². The van der Waals surface area contributed by atoms with Crippen molar-refractivity contribution < 1.29 is 14.3 Å². The molecule has 6 nitrogen and oxygen atoms in total. The second-order valence-corrected chi connectivity index (χ2v) is 7.19. The van der Waals surface area contributed by atoms with E-state index < -0.39 is 0 Å². The largest absolute Gasteiger partial charge is 0.466 e. The van der Waals surface area contributed by atoms with Crippen molar-refractivity contribution in [1.82, 2.24) is 10.2 Å². The summed E-state index contributed by atoms with van der Waals surface area (Å²) in [5.41, 5.74) is 1.66. The van der Waals surface area contributed by atoms with Gasteiger partial charge in [0.15, 0.2) is 5.75 Å². The number of piperazine rings is 1. The Morgan fingerprint density at radius 3 is 3.04 bits per heavy atom. The van der Waals surface area contributed by atoms with E-state index in [0.717, 1.165) is 35.9 Å². The smallest absolute Gasteiger partial charge is 0.307 e. The highest BCUT2D eigenvalue weighted by Crippen LogP contribution is 2.39. The van der Waals surface area contributed by atoms with Gasteiger partial charge in [-0.2, -0.15) is 0 Å². The van der Waals surface area contributed by atoms with Crippen LogP contribution in [-0.2, 0) is 9.53 Å². The number of rotatable bonds is 3. The molecule has 1 N–H and O–H groups in total. The van der Waals surface area contributed by atoms with Gasteiger partial charge in [-0.15, -0.1) is 0 Å². The SMILES string of the molecule is CCOC(=O)CC1CN(C2=Nc3ccc(Cl)cc3Oc3ccccc32)CCN1. The van der Waals surface area contributed by atoms with E-state index in [1.807, 2.05) is 43.3 Å². The maximum atomic E-state index is 11.9. The van der Waals surface area contributed by atoms with Crippen LogP contribution in [0.15, 0.2) is 47.5 Å². The number of para-hydroxylation sites is 1. The number of hydrogen-bond acceptors (Lipinski definition) is 6. The molecule has 7 heteroatoms. The minimum Gasteiger partial charge on any atom is -0.466 e. The highest BCUT2D eigenvalue weighted by Gasteiger charge is 2.28. The number of aliphatic imine (C=N–C) groups is 1. The van der Waals surface area contributed by atoms with Gasteiger partial charge in [0.05, 0.1) is 18.6 Å². The van der Waals surface area contributed by atoms with E-state index in [1.165, 1.54) is 0 Å². The highest BCUT2D eigenvalue weighted by atomic mass is 35.5. The second kappa shape index (κ2) is 8.20. The van der Waals surface area contributed by atoms with Crippen LogP contribution in [0.2, 0.25) is 5.02 Å². The number of esters is 1. The van der Waals surface area contributed by atoms with Crippen LogP contribution in [0.5, 0.6) is 11.5 Å². The molecule has 0 aromatic heterocycles. The molecule has 2 aliphatic heterocycles. The second-order valence-electron chi connectivity index (χ2n) is 6.75. The number of ether oxygens (including phenoxy) is 2. The van der Waals surface area contributed by atoms with Gasteiger partial charge >= 0.3 is 5.97 Å². The Hall–Kier alpha value is -2.57. The van der Waals surface area contributed by atoms with Gasteiger partial charge in [-0.05, 0) is 31.2 Å². The molecule has 0 spiro atoms. The zero-order chi connectivity index (χ0) is 19.5. The van der Waals surface area contributed by atoms with E-state index in [9.17, 15) is 4.79 Å². The molecular weight excluding hydrogens is 378 g/mol. The summed E-state index contributed by atoms with van der Waals surface area (Å²) in [4.78, 5) is 19.0. The molecule has 1 atom stereocenters. The maximum Gasteiger partial charge on any atom is 0.307 e. The van der Waals surface area contributed by atoms with Crippen molar-refractivity contribution in [3.8, 4) is 11.5 Å². The molecule has 1 saturated heterocycles. The molecule has 0 bridgehead atoms. The standard InChI is InChI=1S/C21H22ClN3O3/c1-2-27-20(26)12-15-13-25(10-9-23-15)21-16-5-3-4-6-18(16)28-19-11-14(22)7-8-17(19)24-21/h3-8,11,15,23H,2,9-10,12-13H2,1H3. The van der Waals surface area contributed by atoms with Crippen LogP contribution in [0.25, 0.3) is 0 Å². The van der Waals surface area contributed by atoms with Crippen molar-refractivity contribution in [3.63, 3.8) is 0 Å². The van der Waals surface area contributed by atoms with Gasteiger partial charge in [0, 0.05) is 36.8 Å². The van der Waals surface area contributed by atoms with Gasteiger partial charge in [-0.25, -0.2) is 4.99 Å². The number of fused-ring (bicyclic) bond motifs is 2. The summed E-state index contributed by atoms with van der Waals surface area (Å²) in [5.74, 6) is 2.02. The quantitative estimate of drug-likeness (QED) is 0.796. The Labute approximate surface area is 169 Å². The molecule has 28 heavy (non-hydrogen) atoms. The first-order chi connectivity index (χ1) is 13.6. The lowest BCUT2D eigenvalue weighted by molar-refractivity contribution is -0.143. The lowest BCUT2D eigenvalue weighted by Gasteiger charge is -2.35. The summed E-state index contributed by atoms with van der Waals surface area (Å²) in [6.07, 6.45) is 0.335. The highest BCUT2D eigenvalue weighted by molar-refractivity contribution is 6.30. The summed E-state index contributed by atoms with van der Waals surface area (Å²) in [5, 5.41) is 4.00. The molecule has 2 aromatic rings. The van der Waals surface area contributed by atoms with Gasteiger partial charge in [0.25, 0.3) is 0 Å². The fourth-order valence-corrected chi connectivity index (χ4v) is 3.67. The molecule has 2 aromatic carbocycles. The van der Waals surface area contributed by atoms with Crippen LogP contribution in [0.3, 0.4) is 0 Å². The zero-order valence-corrected chi connectivity index (χ0v) is 16.4. The van der Waals surface area contributed by atoms with Crippen molar-refractivity contribution in [1.29, 1.82) is 0 Å². The maximum absolute atomic E-state index is 11.9. The van der Waals surface area contributed by atoms with E-state index in [0.29, 0.717) is 30.3 Å². The van der Waals surface area contributed by atoms with Crippen molar-refractivity contribution in [2.75, 3.05) is 26.2 Å². The molecule has 2 heterocycles. The Morgan fingerprint density at radius 1 is 1.32 bits per heavy atom. The predicted octanol–water partition coefficient (Wildman–Crippen LogP) is 3.75. The number of halogens is 1. The van der Waals surface area contributed by atoms with Gasteiger partial charge in [-0.1, -0.05) is 23.7 Å². The van der Waals surface area contributed by atoms with E-state index >= 15 is 0 Å². The first kappa shape index (κ1) is 18.8. The summed E-state index contributed by atoms with van der Waals surface area (Å²) < 4.78 is 11.2. The van der Waals surface area contributed by atoms with Crippen molar-refractivity contribution >= 4 is 29.1 Å². The number of carbonyl (C=O) groups is 1. The van der Waals surface area contributed by atoms with Crippen LogP contribution in [0.4, 0.5) is 5.69 Å². The van der Waals surface area contributed by atoms with Gasteiger partial charge in [0.1, 0.15) is 17.3 Å². The van der Waals surface area contributed by atoms with Crippen molar-refractivity contribution in [2.45, 2.75) is 19.4 Å². The lowest BCUT2D eigenvalue weighted by Crippen LogP contribution is -2.53. The average Bonchev–Trinajstić information content (AvgIpc) is 2.84. The molecule has 1 fully saturated rings. The third-order valence-electron chi connectivity index (χ3n) is 4.77. The topological polar surface area (TPSA) is 63.2 Å². The van der Waals surface area contributed by atoms with Crippen LogP contribution in [-0.4, -0.2) is 49.0 Å². The molecule has 2 aliphatic rings. The Kier molecular flexibility index (Phi) is 5.50. The van der Waals surface area contributed by atoms with E-state index in [2.05, 4.69) is 10.2 Å². The molecule has 1 unspecified atom stereocenters. The van der Waals surface area contributed by atoms with E-state index in [1.54, 1.807) is 6.07 Å². The summed E-state index contributed by atoms with van der Waals surface area (Å²) >= 11 is 6.14. The van der Waals surface area contributed by atoms with Crippen molar-refractivity contribution in [3.05, 3.63) is 53.1 Å². The monoisotopic (exact) mass is 399 g/mol. The molecular formula is C21H22ClN3O3. The molecule has 0 saturated carbocycles. The molecule has 0 aliphatic carbocycles. The first-order valence-electron chi connectivity index (χ1n) is 9.43. The van der Waals surface area contributed by atoms with Crippen LogP contribution >= 0.6 is 11.6 Å². The minimum atomic E-state index is -0.187. The average molecular weight is 400 g/mol. The fourth-order valence-electron chi connectivity index (χ4n) is 3.51. The Balaban J connectivity index is 1.66. The Morgan fingerprint density at radius 2 is 2.18 bits per heavy atom. The van der Waals surface area contributed by atoms with Crippen LogP contribution < -0.4 is 10.1 Å². The van der Waals surface area contributed by atoms with Crippen molar-refractivity contribution in [2.24, 2.45) is 4.99 Å². The minimum absolute atomic E-state index is 0.0107. The number of hydrogen-bond donors (Lipinski definition) is 1. The first-order valence-corrected chi connectivity index (χ1v) is 9.81. The van der Waals surface area contributed by atoms with Gasteiger partial charge in [0.2, 0.25) is 0 Å². The molecule has 0 amide bonds. The number of carbonyl (C=O) groups excluding carboxylic acids is 1. The third kappa shape index (κ3) is 3.98. The molecule has 146 valence electrons. The van der Waals surface area contributed by atoms with E-state index in [4.69, 9.17) is 26.1 Å². The van der Waals surface area contributed by atoms with Crippen LogP contribution in [0, 0.1) is 0 Å². The lowest BCUT2D eigenvalue weighted by atomic mass is 10.1. The zero-order valence-electron chi connectivity index (χ0n) is 15.7. The fraction of sp³-hybridized carbons (Fsp3) is 0.333. The number of nitrogens with zero attached hydrogens (tertiary/aromatic N) is 2. The Bertz CT molecular complexity index is 916. The normalized spacial score (nSPS) is 18.3. The summed E-state index contributed by atoms with van der Waals surface area (Å²) in [6.45, 7) is 4.43. The molecule has 4 rings (SSSR count). The summed E-state index contributed by atoms with van der Waals surface area (Å²) in [7, 11) is 0. The van der Waals surface area contributed by atoms with Gasteiger partial charge in [-0.3, -0.25) is 4.79 Å². The predicted molar refractivity (Wildman–Crippen MR) is 109 cm³/mol. The van der Waals surface area contributed by atoms with Crippen LogP contribution in [0.1, 0.15) is 18.9 Å². The van der Waals surface area contributed by atoms with E-state index in [-0.39, 0.29) is 12.0 Å². The number of benzene rings is 2. The third-order valence-corrected chi connectivity index (χ3v) is 5.00.